The van der Waals surface area contributed by atoms with E-state index in [1.165, 1.54) is 0 Å². The smallest absolute Gasteiger partial charge is 0.290 e. The van der Waals surface area contributed by atoms with Crippen LogP contribution in [0.5, 0.6) is 0 Å². The summed E-state index contributed by atoms with van der Waals surface area (Å²) in [5.41, 5.74) is 0. The fourth-order valence-electron chi connectivity index (χ4n) is 0. The molecule has 0 rings (SSSR count). The number of rotatable bonds is 0. The van der Waals surface area contributed by atoms with Gasteiger partial charge in [0.25, 0.3) is 6.47 Å². The summed E-state index contributed by atoms with van der Waals surface area (Å²) in [5, 5.41) is 6.89. The van der Waals surface area contributed by atoms with Crippen LogP contribution in [0.1, 0.15) is 0 Å². The van der Waals surface area contributed by atoms with Gasteiger partial charge in [-0.25, -0.2) is 0 Å². The zero-order valence-electron chi connectivity index (χ0n) is 1.73. The Hall–Kier alpha value is 0.210. The monoisotopic (exact) mass is 153 g/mol. The molecular weight excluding hydrogens is 152 g/mol. The van der Waals surface area contributed by atoms with Crippen LogP contribution in [0.3, 0.4) is 0 Å². The number of carboxylic acid groups (broad SMARTS) is 1. The molecule has 4 heavy (non-hydrogen) atoms. The molecule has 0 bridgehead atoms. The molecule has 0 heterocycles. The molecule has 2 nitrogen and oxygen atoms in total. The van der Waals surface area contributed by atoms with E-state index in [1.807, 2.05) is 0 Å². The second-order valence-electron chi connectivity index (χ2n) is 0.105. The molecule has 1 radical (unpaired) electrons. The van der Waals surface area contributed by atoms with Gasteiger partial charge in [0, 0.05) is 22.4 Å². The second kappa shape index (κ2) is 10.7. The van der Waals surface area contributed by atoms with Gasteiger partial charge in [0.05, 0.1) is 0 Å². The normalized spacial score (nSPS) is 3.00. The van der Waals surface area contributed by atoms with E-state index >= 15 is 0 Å². The zero-order chi connectivity index (χ0) is 2.71. The Bertz CT molecular complexity index is 13.5. The van der Waals surface area contributed by atoms with Gasteiger partial charge in [0.1, 0.15) is 0 Å². The maximum absolute atomic E-state index is 8.36. The van der Waals surface area contributed by atoms with Gasteiger partial charge in [-0.05, 0) is 0 Å². The van der Waals surface area contributed by atoms with E-state index in [1.54, 1.807) is 0 Å². The van der Waals surface area contributed by atoms with Gasteiger partial charge in [-0.3, -0.25) is 4.79 Å². The van der Waals surface area contributed by atoms with Gasteiger partial charge < -0.3 is 5.11 Å². The van der Waals surface area contributed by atoms with Crippen molar-refractivity contribution in [2.75, 3.05) is 0 Å². The van der Waals surface area contributed by atoms with Crippen molar-refractivity contribution >= 4 is 6.47 Å². The molecule has 3 heteroatoms. The summed E-state index contributed by atoms with van der Waals surface area (Å²) in [4.78, 5) is 8.36. The Morgan fingerprint density at radius 2 is 1.75 bits per heavy atom. The molecule has 0 spiro atoms. The van der Waals surface area contributed by atoms with Crippen molar-refractivity contribution in [3.05, 3.63) is 0 Å². The largest absolute Gasteiger partial charge is 0.483 e. The maximum atomic E-state index is 8.36. The molecule has 0 amide bonds. The van der Waals surface area contributed by atoms with Crippen LogP contribution in [-0.2, 0) is 27.2 Å². The molecule has 0 saturated heterocycles. The van der Waals surface area contributed by atoms with Crippen LogP contribution in [0.25, 0.3) is 0 Å². The third kappa shape index (κ3) is 73.2. The van der Waals surface area contributed by atoms with Crippen LogP contribution in [-0.4, -0.2) is 11.6 Å². The van der Waals surface area contributed by atoms with E-state index < -0.39 is 0 Å². The number of hydrogen-bond donors (Lipinski definition) is 1. The molecule has 1 N–H and O–H groups in total. The van der Waals surface area contributed by atoms with Crippen molar-refractivity contribution in [3.63, 3.8) is 0 Å². The first-order valence-corrected chi connectivity index (χ1v) is 0.494. The molecule has 0 aromatic heterocycles. The topological polar surface area (TPSA) is 37.3 Å². The molecule has 0 aliphatic rings. The van der Waals surface area contributed by atoms with Gasteiger partial charge in [0.15, 0.2) is 0 Å². The summed E-state index contributed by atoms with van der Waals surface area (Å²) in [6, 6.07) is 0. The Kier molecular flexibility index (Phi) is 23.8. The maximum Gasteiger partial charge on any atom is 0.290 e. The Labute approximate surface area is 39.3 Å². The van der Waals surface area contributed by atoms with E-state index in [9.17, 15) is 0 Å². The van der Waals surface area contributed by atoms with E-state index in [4.69, 9.17) is 9.90 Å². The van der Waals surface area contributed by atoms with Gasteiger partial charge in [0.2, 0.25) is 0 Å². The van der Waals surface area contributed by atoms with Crippen LogP contribution >= 0.6 is 0 Å². The minimum atomic E-state index is -0.250. The van der Waals surface area contributed by atoms with Gasteiger partial charge in [-0.15, -0.1) is 0 Å². The van der Waals surface area contributed by atoms with Crippen LogP contribution in [0, 0.1) is 0 Å². The molecule has 0 fully saturated rings. The quantitative estimate of drug-likeness (QED) is 0.384. The first-order valence-electron chi connectivity index (χ1n) is 0.494. The van der Waals surface area contributed by atoms with Gasteiger partial charge in [-0.2, -0.15) is 0 Å². The van der Waals surface area contributed by atoms with Crippen LogP contribution < -0.4 is 0 Å². The van der Waals surface area contributed by atoms with E-state index in [0.717, 1.165) is 0 Å². The van der Waals surface area contributed by atoms with Crippen molar-refractivity contribution < 1.29 is 32.3 Å². The average Bonchev–Trinajstić information content (AvgIpc) is 0.918. The standard InChI is InChI=1S/CH2O2.Ag/c2-1-3;/h1H,(H,2,3);. The zero-order valence-corrected chi connectivity index (χ0v) is 3.22. The summed E-state index contributed by atoms with van der Waals surface area (Å²) < 4.78 is 0. The summed E-state index contributed by atoms with van der Waals surface area (Å²) in [7, 11) is 0. The van der Waals surface area contributed by atoms with Crippen molar-refractivity contribution in [2.24, 2.45) is 0 Å². The fourth-order valence-corrected chi connectivity index (χ4v) is 0. The fraction of sp³-hybridized carbons (Fsp3) is 0. The van der Waals surface area contributed by atoms with Crippen molar-refractivity contribution in [1.82, 2.24) is 0 Å². The molecule has 0 unspecified atom stereocenters. The minimum absolute atomic E-state index is 0. The Morgan fingerprint density at radius 3 is 1.75 bits per heavy atom. The molecule has 29 valence electrons. The van der Waals surface area contributed by atoms with Crippen LogP contribution in [0.15, 0.2) is 0 Å². The van der Waals surface area contributed by atoms with Crippen molar-refractivity contribution in [2.45, 2.75) is 0 Å². The van der Waals surface area contributed by atoms with Crippen LogP contribution in [0.2, 0.25) is 0 Å². The summed E-state index contributed by atoms with van der Waals surface area (Å²) in [5.74, 6) is 0. The van der Waals surface area contributed by atoms with Crippen molar-refractivity contribution in [3.8, 4) is 0 Å². The SMILES string of the molecule is O=CO.[Ag]. The third-order valence-corrected chi connectivity index (χ3v) is 0. The second-order valence-corrected chi connectivity index (χ2v) is 0.105. The predicted molar refractivity (Wildman–Crippen MR) is 8.69 cm³/mol. The summed E-state index contributed by atoms with van der Waals surface area (Å²) >= 11 is 0. The van der Waals surface area contributed by atoms with E-state index in [2.05, 4.69) is 0 Å². The van der Waals surface area contributed by atoms with Gasteiger partial charge >= 0.3 is 0 Å². The molecule has 0 aliphatic heterocycles. The molecule has 0 saturated carbocycles. The molecular formula is CH2AgO2. The van der Waals surface area contributed by atoms with Crippen molar-refractivity contribution in [1.29, 1.82) is 0 Å². The molecule has 0 aliphatic carbocycles. The molecule has 0 aromatic rings. The van der Waals surface area contributed by atoms with E-state index in [-0.39, 0.29) is 28.9 Å². The predicted octanol–water partition coefficient (Wildman–Crippen LogP) is -0.302. The third-order valence-electron chi connectivity index (χ3n) is 0. The average molecular weight is 154 g/mol. The minimum Gasteiger partial charge on any atom is -0.483 e. The van der Waals surface area contributed by atoms with Crippen LogP contribution in [0.4, 0.5) is 0 Å². The Morgan fingerprint density at radius 1 is 1.75 bits per heavy atom. The number of hydrogen-bond acceptors (Lipinski definition) is 1. The first kappa shape index (κ1) is 8.88. The summed E-state index contributed by atoms with van der Waals surface area (Å²) in [6.45, 7) is -0.250. The summed E-state index contributed by atoms with van der Waals surface area (Å²) in [6.07, 6.45) is 0. The first-order chi connectivity index (χ1) is 1.41. The van der Waals surface area contributed by atoms with Gasteiger partial charge in [-0.1, -0.05) is 0 Å². The van der Waals surface area contributed by atoms with E-state index in [0.29, 0.717) is 0 Å². The number of carbonyl (C=O) groups is 1. The molecule has 0 aromatic carbocycles. The molecule has 0 atom stereocenters. The Balaban J connectivity index is 0.